The highest BCUT2D eigenvalue weighted by Gasteiger charge is 2.43. The van der Waals surface area contributed by atoms with E-state index in [4.69, 9.17) is 4.74 Å². The lowest BCUT2D eigenvalue weighted by molar-refractivity contribution is 0.0176. The highest BCUT2D eigenvalue weighted by atomic mass is 16.6. The largest absolute Gasteiger partial charge is 0.390 e. The van der Waals surface area contributed by atoms with Crippen molar-refractivity contribution >= 4 is 0 Å². The zero-order chi connectivity index (χ0) is 20.9. The average Bonchev–Trinajstić information content (AvgIpc) is 3.00. The zero-order valence-corrected chi connectivity index (χ0v) is 19.2. The third-order valence-electron chi connectivity index (χ3n) is 4.75. The number of aliphatic hydroxyl groups is 1. The van der Waals surface area contributed by atoms with Crippen LogP contribution < -0.4 is 0 Å². The first-order valence-electron chi connectivity index (χ1n) is 10.0. The van der Waals surface area contributed by atoms with Crippen molar-refractivity contribution in [2.75, 3.05) is 6.61 Å². The van der Waals surface area contributed by atoms with E-state index in [0.29, 0.717) is 5.41 Å². The number of epoxide rings is 1. The highest BCUT2D eigenvalue weighted by Crippen LogP contribution is 2.41. The van der Waals surface area contributed by atoms with Crippen LogP contribution in [0, 0.1) is 16.2 Å². The smallest absolute Gasteiger partial charge is 0.0893 e. The quantitative estimate of drug-likeness (QED) is 0.336. The van der Waals surface area contributed by atoms with E-state index in [1.165, 1.54) is 0 Å². The van der Waals surface area contributed by atoms with E-state index in [1.807, 2.05) is 26.0 Å². The molecule has 1 fully saturated rings. The molecule has 1 heterocycles. The van der Waals surface area contributed by atoms with Crippen LogP contribution in [-0.4, -0.2) is 22.9 Å². The van der Waals surface area contributed by atoms with E-state index in [0.717, 1.165) is 38.7 Å². The zero-order valence-electron chi connectivity index (χ0n) is 19.2. The summed E-state index contributed by atoms with van der Waals surface area (Å²) in [5.41, 5.74) is 0.411. The van der Waals surface area contributed by atoms with E-state index in [-0.39, 0.29) is 16.4 Å². The van der Waals surface area contributed by atoms with Gasteiger partial charge in [-0.3, -0.25) is 0 Å². The molecule has 2 heteroatoms. The second-order valence-corrected chi connectivity index (χ2v) is 11.6. The Kier molecular flexibility index (Phi) is 8.85. The molecule has 1 aliphatic heterocycles. The summed E-state index contributed by atoms with van der Waals surface area (Å²) in [4.78, 5) is 0. The normalized spacial score (nSPS) is 20.8. The average molecular weight is 367 g/mol. The van der Waals surface area contributed by atoms with Crippen molar-refractivity contribution in [2.24, 2.45) is 16.2 Å². The van der Waals surface area contributed by atoms with Crippen LogP contribution >= 0.6 is 0 Å². The molecule has 0 radical (unpaired) electrons. The van der Waals surface area contributed by atoms with Crippen LogP contribution in [0.1, 0.15) is 94.4 Å². The highest BCUT2D eigenvalue weighted by molar-refractivity contribution is 4.94. The summed E-state index contributed by atoms with van der Waals surface area (Å²) >= 11 is 0. The molecule has 0 aliphatic carbocycles. The molecule has 1 atom stereocenters. The first-order valence-corrected chi connectivity index (χ1v) is 10.0. The van der Waals surface area contributed by atoms with Crippen LogP contribution in [0.15, 0.2) is 25.3 Å². The Morgan fingerprint density at radius 1 is 0.846 bits per heavy atom. The molecule has 0 aromatic heterocycles. The van der Waals surface area contributed by atoms with Crippen molar-refractivity contribution < 1.29 is 9.84 Å². The van der Waals surface area contributed by atoms with Crippen LogP contribution in [0.25, 0.3) is 0 Å². The van der Waals surface area contributed by atoms with Gasteiger partial charge in [-0.2, -0.15) is 0 Å². The molecule has 0 saturated carbocycles. The minimum absolute atomic E-state index is 0.171. The van der Waals surface area contributed by atoms with E-state index in [2.05, 4.69) is 61.6 Å². The monoisotopic (exact) mass is 366 g/mol. The molecule has 26 heavy (non-hydrogen) atoms. The lowest BCUT2D eigenvalue weighted by Gasteiger charge is -2.38. The maximum absolute atomic E-state index is 9.86. The maximum Gasteiger partial charge on any atom is 0.0893 e. The maximum atomic E-state index is 9.86. The topological polar surface area (TPSA) is 32.8 Å². The van der Waals surface area contributed by atoms with Crippen LogP contribution in [0.3, 0.4) is 0 Å². The summed E-state index contributed by atoms with van der Waals surface area (Å²) in [7, 11) is 0. The molecule has 0 amide bonds. The molecule has 1 rings (SSSR count). The van der Waals surface area contributed by atoms with Crippen molar-refractivity contribution in [1.82, 2.24) is 0 Å². The van der Waals surface area contributed by atoms with Crippen LogP contribution in [0.2, 0.25) is 0 Å². The van der Waals surface area contributed by atoms with Gasteiger partial charge in [-0.15, -0.1) is 13.2 Å². The Labute approximate surface area is 164 Å². The third-order valence-corrected chi connectivity index (χ3v) is 4.75. The van der Waals surface area contributed by atoms with Crippen molar-refractivity contribution in [1.29, 1.82) is 0 Å². The van der Waals surface area contributed by atoms with Crippen molar-refractivity contribution in [3.63, 3.8) is 0 Å². The van der Waals surface area contributed by atoms with Gasteiger partial charge in [0.2, 0.25) is 0 Å². The summed E-state index contributed by atoms with van der Waals surface area (Å²) in [6.45, 7) is 28.0. The fourth-order valence-electron chi connectivity index (χ4n) is 4.69. The van der Waals surface area contributed by atoms with Gasteiger partial charge in [0, 0.05) is 0 Å². The molecular weight excluding hydrogens is 320 g/mol. The molecule has 1 unspecified atom stereocenters. The van der Waals surface area contributed by atoms with Gasteiger partial charge in [-0.1, -0.05) is 53.7 Å². The molecule has 154 valence electrons. The fourth-order valence-corrected chi connectivity index (χ4v) is 4.69. The standard InChI is InChI=1S/C14H28O.C10H18O/c1-8-9-12(2,3)10-13(4,5)11-14(6,7)15;1-5-6-9(2,3)7-10(4)8-11-10/h8,15H,1,9-11H2,2-7H3;5H,1,6-8H2,2-4H3. The number of ether oxygens (including phenoxy) is 1. The van der Waals surface area contributed by atoms with Crippen LogP contribution in [0.5, 0.6) is 0 Å². The van der Waals surface area contributed by atoms with Gasteiger partial charge in [0.25, 0.3) is 0 Å². The lowest BCUT2D eigenvalue weighted by Crippen LogP contribution is -2.31. The van der Waals surface area contributed by atoms with E-state index in [9.17, 15) is 5.11 Å². The molecule has 1 aliphatic rings. The van der Waals surface area contributed by atoms with E-state index < -0.39 is 5.60 Å². The van der Waals surface area contributed by atoms with Gasteiger partial charge in [-0.25, -0.2) is 0 Å². The Balaban J connectivity index is 0.000000502. The SMILES string of the molecule is C=CCC(C)(C)CC(C)(C)CC(C)(C)O.C=CCC(C)(C)CC1(C)CO1. The number of hydrogen-bond acceptors (Lipinski definition) is 2. The summed E-state index contributed by atoms with van der Waals surface area (Å²) in [6.07, 6.45) is 9.17. The first-order chi connectivity index (χ1) is 11.4. The van der Waals surface area contributed by atoms with Gasteiger partial charge < -0.3 is 9.84 Å². The Morgan fingerprint density at radius 3 is 1.62 bits per heavy atom. The van der Waals surface area contributed by atoms with Crippen molar-refractivity contribution in [3.8, 4) is 0 Å². The van der Waals surface area contributed by atoms with Gasteiger partial charge in [-0.05, 0) is 69.1 Å². The summed E-state index contributed by atoms with van der Waals surface area (Å²) in [5.74, 6) is 0. The number of hydrogen-bond donors (Lipinski definition) is 1. The van der Waals surface area contributed by atoms with Crippen molar-refractivity contribution in [2.45, 2.75) is 106 Å². The molecular formula is C24H46O2. The van der Waals surface area contributed by atoms with Gasteiger partial charge >= 0.3 is 0 Å². The molecule has 0 aromatic rings. The minimum atomic E-state index is -0.576. The number of allylic oxidation sites excluding steroid dienone is 2. The molecule has 1 saturated heterocycles. The van der Waals surface area contributed by atoms with E-state index in [1.54, 1.807) is 0 Å². The van der Waals surface area contributed by atoms with Gasteiger partial charge in [0.15, 0.2) is 0 Å². The van der Waals surface area contributed by atoms with Gasteiger partial charge in [0.1, 0.15) is 0 Å². The predicted molar refractivity (Wildman–Crippen MR) is 115 cm³/mol. The second-order valence-electron chi connectivity index (χ2n) is 11.6. The lowest BCUT2D eigenvalue weighted by atomic mass is 9.69. The first kappa shape index (κ1) is 25.4. The molecule has 0 bridgehead atoms. The summed E-state index contributed by atoms with van der Waals surface area (Å²) < 4.78 is 5.34. The Morgan fingerprint density at radius 2 is 1.27 bits per heavy atom. The van der Waals surface area contributed by atoms with Crippen molar-refractivity contribution in [3.05, 3.63) is 25.3 Å². The Hall–Kier alpha value is -0.600. The van der Waals surface area contributed by atoms with E-state index >= 15 is 0 Å². The molecule has 0 aromatic carbocycles. The molecule has 2 nitrogen and oxygen atoms in total. The third kappa shape index (κ3) is 12.7. The predicted octanol–water partition coefficient (Wildman–Crippen LogP) is 6.93. The minimum Gasteiger partial charge on any atom is -0.390 e. The van der Waals surface area contributed by atoms with Gasteiger partial charge in [0.05, 0.1) is 17.8 Å². The van der Waals surface area contributed by atoms with Crippen LogP contribution in [-0.2, 0) is 4.74 Å². The fraction of sp³-hybridized carbons (Fsp3) is 0.833. The second kappa shape index (κ2) is 9.06. The molecule has 1 N–H and O–H groups in total. The number of rotatable bonds is 10. The summed E-state index contributed by atoms with van der Waals surface area (Å²) in [6, 6.07) is 0. The summed E-state index contributed by atoms with van der Waals surface area (Å²) in [5, 5.41) is 9.86. The Bertz CT molecular complexity index is 445. The van der Waals surface area contributed by atoms with Crippen LogP contribution in [0.4, 0.5) is 0 Å². The molecule has 0 spiro atoms.